The molecule has 0 bridgehead atoms. The molecule has 0 spiro atoms. The highest BCUT2D eigenvalue weighted by Crippen LogP contribution is 2.17. The Balaban J connectivity index is 1.80. The Morgan fingerprint density at radius 1 is 1.58 bits per heavy atom. The lowest BCUT2D eigenvalue weighted by Gasteiger charge is -2.18. The zero-order chi connectivity index (χ0) is 13.8. The summed E-state index contributed by atoms with van der Waals surface area (Å²) < 4.78 is 7.58. The third-order valence-corrected chi connectivity index (χ3v) is 4.00. The normalized spacial score (nSPS) is 18.8. The molecule has 0 aromatic carbocycles. The van der Waals surface area contributed by atoms with Gasteiger partial charge in [0.25, 0.3) is 5.91 Å². The molecule has 1 aromatic heterocycles. The van der Waals surface area contributed by atoms with Crippen LogP contribution in [0.2, 0.25) is 0 Å². The van der Waals surface area contributed by atoms with E-state index in [4.69, 9.17) is 4.74 Å². The number of hydrogen-bond acceptors (Lipinski definition) is 2. The van der Waals surface area contributed by atoms with Gasteiger partial charge in [-0.3, -0.25) is 4.79 Å². The summed E-state index contributed by atoms with van der Waals surface area (Å²) in [6.45, 7) is 3.68. The van der Waals surface area contributed by atoms with Crippen LogP contribution in [0.1, 0.15) is 41.7 Å². The van der Waals surface area contributed by atoms with Crippen molar-refractivity contribution in [3.8, 4) is 0 Å². The Hall–Kier alpha value is -1.29. The van der Waals surface area contributed by atoms with E-state index in [2.05, 4.69) is 0 Å². The SMILES string of the molecule is Cc1c(C(=O)N(C)CCC[C@H]2CCCO2)ccn1C. The topological polar surface area (TPSA) is 34.5 Å². The molecule has 1 aliphatic rings. The molecule has 4 heteroatoms. The fourth-order valence-corrected chi connectivity index (χ4v) is 2.57. The Bertz CT molecular complexity index is 433. The van der Waals surface area contributed by atoms with Crippen molar-refractivity contribution in [2.75, 3.05) is 20.2 Å². The molecular formula is C15H24N2O2. The first-order valence-corrected chi connectivity index (χ1v) is 7.08. The van der Waals surface area contributed by atoms with Gasteiger partial charge < -0.3 is 14.2 Å². The number of rotatable bonds is 5. The highest BCUT2D eigenvalue weighted by molar-refractivity contribution is 5.95. The second kappa shape index (κ2) is 6.24. The maximum Gasteiger partial charge on any atom is 0.255 e. The van der Waals surface area contributed by atoms with Gasteiger partial charge in [0.1, 0.15) is 0 Å². The van der Waals surface area contributed by atoms with Crippen LogP contribution in [0, 0.1) is 6.92 Å². The Labute approximate surface area is 115 Å². The average Bonchev–Trinajstić information content (AvgIpc) is 3.01. The summed E-state index contributed by atoms with van der Waals surface area (Å²) in [6.07, 6.45) is 6.78. The summed E-state index contributed by atoms with van der Waals surface area (Å²) in [5.74, 6) is 0.116. The van der Waals surface area contributed by atoms with Gasteiger partial charge >= 0.3 is 0 Å². The molecule has 0 N–H and O–H groups in total. The number of carbonyl (C=O) groups is 1. The van der Waals surface area contributed by atoms with E-state index < -0.39 is 0 Å². The van der Waals surface area contributed by atoms with Crippen LogP contribution in [0.4, 0.5) is 0 Å². The average molecular weight is 264 g/mol. The number of carbonyl (C=O) groups excluding carboxylic acids is 1. The summed E-state index contributed by atoms with van der Waals surface area (Å²) in [6, 6.07) is 1.90. The fraction of sp³-hybridized carbons (Fsp3) is 0.667. The summed E-state index contributed by atoms with van der Waals surface area (Å²) in [4.78, 5) is 14.1. The number of aryl methyl sites for hydroxylation is 1. The molecule has 1 fully saturated rings. The molecule has 2 heterocycles. The van der Waals surface area contributed by atoms with Crippen LogP contribution in [0.25, 0.3) is 0 Å². The lowest BCUT2D eigenvalue weighted by Crippen LogP contribution is -2.28. The lowest BCUT2D eigenvalue weighted by atomic mass is 10.1. The summed E-state index contributed by atoms with van der Waals surface area (Å²) in [5.41, 5.74) is 1.83. The van der Waals surface area contributed by atoms with Gasteiger partial charge in [0.05, 0.1) is 11.7 Å². The fourth-order valence-electron chi connectivity index (χ4n) is 2.57. The molecule has 0 saturated carbocycles. The van der Waals surface area contributed by atoms with E-state index in [1.165, 1.54) is 12.8 Å². The van der Waals surface area contributed by atoms with E-state index in [0.717, 1.165) is 37.3 Å². The first-order valence-electron chi connectivity index (χ1n) is 7.08. The van der Waals surface area contributed by atoms with Crippen molar-refractivity contribution in [3.63, 3.8) is 0 Å². The number of aromatic nitrogens is 1. The quantitative estimate of drug-likeness (QED) is 0.818. The first-order chi connectivity index (χ1) is 9.09. The van der Waals surface area contributed by atoms with Gasteiger partial charge in [0, 0.05) is 39.1 Å². The summed E-state index contributed by atoms with van der Waals surface area (Å²) in [7, 11) is 3.84. The predicted octanol–water partition coefficient (Wildman–Crippen LogP) is 2.36. The van der Waals surface area contributed by atoms with Crippen molar-refractivity contribution < 1.29 is 9.53 Å². The Morgan fingerprint density at radius 2 is 2.37 bits per heavy atom. The third-order valence-electron chi connectivity index (χ3n) is 4.00. The Morgan fingerprint density at radius 3 is 2.95 bits per heavy atom. The highest BCUT2D eigenvalue weighted by atomic mass is 16.5. The van der Waals surface area contributed by atoms with Crippen molar-refractivity contribution >= 4 is 5.91 Å². The van der Waals surface area contributed by atoms with E-state index in [1.54, 1.807) is 0 Å². The van der Waals surface area contributed by atoms with Crippen molar-refractivity contribution in [2.24, 2.45) is 7.05 Å². The molecule has 4 nitrogen and oxygen atoms in total. The van der Waals surface area contributed by atoms with Crippen molar-refractivity contribution in [1.29, 1.82) is 0 Å². The molecule has 1 aliphatic heterocycles. The summed E-state index contributed by atoms with van der Waals surface area (Å²) in [5, 5.41) is 0. The standard InChI is InChI=1S/C15H24N2O2/c1-12-14(8-10-16(12)2)15(18)17(3)9-4-6-13-7-5-11-19-13/h8,10,13H,4-7,9,11H2,1-3H3/t13-/m0/s1. The van der Waals surface area contributed by atoms with Gasteiger partial charge in [-0.1, -0.05) is 0 Å². The lowest BCUT2D eigenvalue weighted by molar-refractivity contribution is 0.0762. The second-order valence-electron chi connectivity index (χ2n) is 5.43. The van der Waals surface area contributed by atoms with E-state index in [0.29, 0.717) is 6.10 Å². The molecule has 19 heavy (non-hydrogen) atoms. The molecule has 2 rings (SSSR count). The zero-order valence-electron chi connectivity index (χ0n) is 12.2. The molecule has 1 amide bonds. The van der Waals surface area contributed by atoms with Gasteiger partial charge in [0.2, 0.25) is 0 Å². The summed E-state index contributed by atoms with van der Waals surface area (Å²) >= 11 is 0. The molecule has 1 atom stereocenters. The van der Waals surface area contributed by atoms with Crippen LogP contribution < -0.4 is 0 Å². The van der Waals surface area contributed by atoms with Crippen molar-refractivity contribution in [2.45, 2.75) is 38.7 Å². The maximum absolute atomic E-state index is 12.3. The monoisotopic (exact) mass is 264 g/mol. The Kier molecular flexibility index (Phi) is 4.64. The smallest absolute Gasteiger partial charge is 0.255 e. The molecule has 106 valence electrons. The number of ether oxygens (including phenoxy) is 1. The van der Waals surface area contributed by atoms with Gasteiger partial charge in [0.15, 0.2) is 0 Å². The number of hydrogen-bond donors (Lipinski definition) is 0. The van der Waals surface area contributed by atoms with Crippen LogP contribution in [0.3, 0.4) is 0 Å². The molecule has 0 unspecified atom stereocenters. The van der Waals surface area contributed by atoms with Crippen LogP contribution in [0.5, 0.6) is 0 Å². The largest absolute Gasteiger partial charge is 0.378 e. The minimum Gasteiger partial charge on any atom is -0.378 e. The van der Waals surface area contributed by atoms with Crippen LogP contribution in [-0.2, 0) is 11.8 Å². The predicted molar refractivity (Wildman–Crippen MR) is 75.3 cm³/mol. The van der Waals surface area contributed by atoms with E-state index >= 15 is 0 Å². The van der Waals surface area contributed by atoms with Crippen molar-refractivity contribution in [1.82, 2.24) is 9.47 Å². The van der Waals surface area contributed by atoms with Crippen molar-refractivity contribution in [3.05, 3.63) is 23.5 Å². The van der Waals surface area contributed by atoms with E-state index in [9.17, 15) is 4.79 Å². The first kappa shape index (κ1) is 14.1. The van der Waals surface area contributed by atoms with Crippen LogP contribution >= 0.6 is 0 Å². The maximum atomic E-state index is 12.3. The molecule has 1 saturated heterocycles. The zero-order valence-corrected chi connectivity index (χ0v) is 12.2. The minimum absolute atomic E-state index is 0.116. The molecule has 0 aliphatic carbocycles. The van der Waals surface area contributed by atoms with Crippen LogP contribution in [-0.4, -0.2) is 41.7 Å². The van der Waals surface area contributed by atoms with Gasteiger partial charge in [-0.05, 0) is 38.7 Å². The highest BCUT2D eigenvalue weighted by Gasteiger charge is 2.18. The number of amides is 1. The van der Waals surface area contributed by atoms with Gasteiger partial charge in [-0.2, -0.15) is 0 Å². The van der Waals surface area contributed by atoms with Gasteiger partial charge in [-0.15, -0.1) is 0 Å². The third kappa shape index (κ3) is 3.38. The van der Waals surface area contributed by atoms with Crippen LogP contribution in [0.15, 0.2) is 12.3 Å². The van der Waals surface area contributed by atoms with E-state index in [-0.39, 0.29) is 5.91 Å². The minimum atomic E-state index is 0.116. The van der Waals surface area contributed by atoms with E-state index in [1.807, 2.05) is 42.7 Å². The molecule has 0 radical (unpaired) electrons. The molecular weight excluding hydrogens is 240 g/mol. The second-order valence-corrected chi connectivity index (χ2v) is 5.43. The van der Waals surface area contributed by atoms with Gasteiger partial charge in [-0.25, -0.2) is 0 Å². The molecule has 1 aromatic rings. The number of nitrogens with zero attached hydrogens (tertiary/aromatic N) is 2.